The highest BCUT2D eigenvalue weighted by molar-refractivity contribution is 9.18. The summed E-state index contributed by atoms with van der Waals surface area (Å²) in [7, 11) is 0. The van der Waals surface area contributed by atoms with Crippen LogP contribution < -0.4 is 0 Å². The second-order valence-corrected chi connectivity index (χ2v) is 6.60. The van der Waals surface area contributed by atoms with Crippen molar-refractivity contribution in [3.05, 3.63) is 35.4 Å². The van der Waals surface area contributed by atoms with Crippen LogP contribution in [0.5, 0.6) is 0 Å². The first-order valence-corrected chi connectivity index (χ1v) is 7.63. The van der Waals surface area contributed by atoms with Crippen LogP contribution in [0, 0.1) is 6.92 Å². The van der Waals surface area contributed by atoms with E-state index in [0.717, 1.165) is 43.5 Å². The summed E-state index contributed by atoms with van der Waals surface area (Å²) in [5.74, 6) is 0. The van der Waals surface area contributed by atoms with Crippen molar-refractivity contribution in [3.63, 3.8) is 0 Å². The molecule has 0 saturated carbocycles. The second kappa shape index (κ2) is 5.25. The molecule has 1 aromatic carbocycles. The zero-order valence-corrected chi connectivity index (χ0v) is 12.8. The minimum absolute atomic E-state index is 0.0259. The van der Waals surface area contributed by atoms with Gasteiger partial charge in [0.15, 0.2) is 0 Å². The number of likely N-dealkylation sites (tertiary alicyclic amines) is 1. The summed E-state index contributed by atoms with van der Waals surface area (Å²) >= 11 is 3.44. The highest BCUT2D eigenvalue weighted by Crippen LogP contribution is 2.36. The van der Waals surface area contributed by atoms with Crippen LogP contribution in [0.2, 0.25) is 0 Å². The van der Waals surface area contributed by atoms with Crippen molar-refractivity contribution in [2.45, 2.75) is 38.3 Å². The Hall–Kier alpha value is -0.870. The van der Waals surface area contributed by atoms with Crippen molar-refractivity contribution in [1.29, 1.82) is 0 Å². The molecule has 1 spiro atoms. The number of nitrogens with zero attached hydrogens (tertiary/aromatic N) is 2. The molecule has 0 aromatic heterocycles. The Labute approximate surface area is 122 Å². The van der Waals surface area contributed by atoms with Crippen LogP contribution in [0.3, 0.4) is 0 Å². The standard InChI is InChI=1S/C15H19BrN2O/c1-12-3-2-4-13(9-12)11-18-7-5-15(6-8-18)10-14(16)17-19-15/h2-4,9H,5-8,10-11H2,1H3. The van der Waals surface area contributed by atoms with Gasteiger partial charge < -0.3 is 4.84 Å². The first kappa shape index (κ1) is 13.1. The summed E-state index contributed by atoms with van der Waals surface area (Å²) < 4.78 is 0.958. The van der Waals surface area contributed by atoms with Gasteiger partial charge >= 0.3 is 0 Å². The van der Waals surface area contributed by atoms with Crippen LogP contribution in [-0.2, 0) is 11.4 Å². The Morgan fingerprint density at radius 2 is 2.16 bits per heavy atom. The normalized spacial score (nSPS) is 22.3. The average molecular weight is 323 g/mol. The monoisotopic (exact) mass is 322 g/mol. The van der Waals surface area contributed by atoms with Crippen molar-refractivity contribution < 1.29 is 4.84 Å². The second-order valence-electron chi connectivity index (χ2n) is 5.68. The zero-order valence-electron chi connectivity index (χ0n) is 11.2. The van der Waals surface area contributed by atoms with Crippen LogP contribution in [-0.4, -0.2) is 28.2 Å². The number of halogens is 1. The zero-order chi connectivity index (χ0) is 13.3. The summed E-state index contributed by atoms with van der Waals surface area (Å²) in [6.45, 7) is 5.36. The minimum Gasteiger partial charge on any atom is -0.388 e. The van der Waals surface area contributed by atoms with Crippen molar-refractivity contribution in [1.82, 2.24) is 4.90 Å². The van der Waals surface area contributed by atoms with Crippen LogP contribution in [0.4, 0.5) is 0 Å². The largest absolute Gasteiger partial charge is 0.388 e. The molecular formula is C15H19BrN2O. The Morgan fingerprint density at radius 3 is 2.79 bits per heavy atom. The third-order valence-corrected chi connectivity index (χ3v) is 4.49. The fourth-order valence-electron chi connectivity index (χ4n) is 2.93. The van der Waals surface area contributed by atoms with E-state index in [1.165, 1.54) is 11.1 Å². The first-order valence-electron chi connectivity index (χ1n) is 6.84. The van der Waals surface area contributed by atoms with Crippen LogP contribution >= 0.6 is 15.9 Å². The van der Waals surface area contributed by atoms with E-state index in [2.05, 4.69) is 57.2 Å². The number of aryl methyl sites for hydroxylation is 1. The van der Waals surface area contributed by atoms with E-state index in [1.54, 1.807) is 0 Å². The fraction of sp³-hybridized carbons (Fsp3) is 0.533. The van der Waals surface area contributed by atoms with Gasteiger partial charge in [-0.05, 0) is 28.4 Å². The third-order valence-electron chi connectivity index (χ3n) is 4.06. The predicted molar refractivity (Wildman–Crippen MR) is 80.5 cm³/mol. The van der Waals surface area contributed by atoms with Crippen molar-refractivity contribution in [3.8, 4) is 0 Å². The van der Waals surface area contributed by atoms with Gasteiger partial charge in [-0.3, -0.25) is 4.90 Å². The number of rotatable bonds is 2. The van der Waals surface area contributed by atoms with Gasteiger partial charge in [-0.2, -0.15) is 0 Å². The van der Waals surface area contributed by atoms with E-state index in [4.69, 9.17) is 4.84 Å². The fourth-order valence-corrected chi connectivity index (χ4v) is 3.52. The van der Waals surface area contributed by atoms with E-state index in [-0.39, 0.29) is 5.60 Å². The maximum atomic E-state index is 5.63. The Morgan fingerprint density at radius 1 is 1.37 bits per heavy atom. The molecule has 2 aliphatic rings. The number of oxime groups is 1. The van der Waals surface area contributed by atoms with Gasteiger partial charge in [0.25, 0.3) is 0 Å². The Balaban J connectivity index is 1.56. The van der Waals surface area contributed by atoms with E-state index >= 15 is 0 Å². The molecule has 1 aromatic rings. The lowest BCUT2D eigenvalue weighted by Crippen LogP contribution is -2.44. The molecule has 0 N–H and O–H groups in total. The maximum Gasteiger partial charge on any atom is 0.146 e. The topological polar surface area (TPSA) is 24.8 Å². The van der Waals surface area contributed by atoms with Crippen LogP contribution in [0.1, 0.15) is 30.4 Å². The highest BCUT2D eigenvalue weighted by Gasteiger charge is 2.41. The van der Waals surface area contributed by atoms with E-state index in [1.807, 2.05) is 0 Å². The molecule has 0 aliphatic carbocycles. The molecule has 102 valence electrons. The molecule has 1 fully saturated rings. The molecule has 3 nitrogen and oxygen atoms in total. The highest BCUT2D eigenvalue weighted by atomic mass is 79.9. The number of hydrogen-bond acceptors (Lipinski definition) is 3. The molecule has 2 aliphatic heterocycles. The summed E-state index contributed by atoms with van der Waals surface area (Å²) in [4.78, 5) is 8.14. The van der Waals surface area contributed by atoms with E-state index in [0.29, 0.717) is 0 Å². The molecule has 1 saturated heterocycles. The molecule has 0 bridgehead atoms. The summed E-state index contributed by atoms with van der Waals surface area (Å²) in [5.41, 5.74) is 2.71. The molecule has 3 rings (SSSR count). The van der Waals surface area contributed by atoms with Gasteiger partial charge in [0, 0.05) is 38.9 Å². The lowest BCUT2D eigenvalue weighted by Gasteiger charge is -2.37. The Kier molecular flexibility index (Phi) is 3.63. The van der Waals surface area contributed by atoms with Crippen molar-refractivity contribution in [2.75, 3.05) is 13.1 Å². The van der Waals surface area contributed by atoms with E-state index < -0.39 is 0 Å². The van der Waals surface area contributed by atoms with Gasteiger partial charge in [0.1, 0.15) is 10.2 Å². The summed E-state index contributed by atoms with van der Waals surface area (Å²) in [6.07, 6.45) is 3.07. The molecule has 0 atom stereocenters. The number of hydrogen-bond donors (Lipinski definition) is 0. The van der Waals surface area contributed by atoms with Crippen LogP contribution in [0.15, 0.2) is 29.4 Å². The Bertz CT molecular complexity index is 493. The molecule has 19 heavy (non-hydrogen) atoms. The molecule has 0 amide bonds. The van der Waals surface area contributed by atoms with E-state index in [9.17, 15) is 0 Å². The minimum atomic E-state index is -0.0259. The van der Waals surface area contributed by atoms with Gasteiger partial charge in [0.2, 0.25) is 0 Å². The van der Waals surface area contributed by atoms with Crippen molar-refractivity contribution in [2.24, 2.45) is 5.16 Å². The smallest absolute Gasteiger partial charge is 0.146 e. The van der Waals surface area contributed by atoms with Gasteiger partial charge in [-0.1, -0.05) is 35.0 Å². The van der Waals surface area contributed by atoms with Gasteiger partial charge in [-0.15, -0.1) is 0 Å². The molecular weight excluding hydrogens is 304 g/mol. The average Bonchev–Trinajstić information content (AvgIpc) is 2.74. The molecule has 0 unspecified atom stereocenters. The maximum absolute atomic E-state index is 5.63. The molecule has 4 heteroatoms. The lowest BCUT2D eigenvalue weighted by molar-refractivity contribution is -0.0627. The quantitative estimate of drug-likeness (QED) is 0.833. The van der Waals surface area contributed by atoms with Crippen LogP contribution in [0.25, 0.3) is 0 Å². The number of benzene rings is 1. The summed E-state index contributed by atoms with van der Waals surface area (Å²) in [6, 6.07) is 8.77. The SMILES string of the molecule is Cc1cccc(CN2CCC3(CC2)CC(Br)=NO3)c1. The lowest BCUT2D eigenvalue weighted by atomic mass is 9.89. The third kappa shape index (κ3) is 3.00. The van der Waals surface area contributed by atoms with Gasteiger partial charge in [0.05, 0.1) is 0 Å². The summed E-state index contributed by atoms with van der Waals surface area (Å²) in [5, 5.41) is 4.05. The first-order chi connectivity index (χ1) is 9.15. The predicted octanol–water partition coefficient (Wildman–Crippen LogP) is 3.46. The van der Waals surface area contributed by atoms with Gasteiger partial charge in [-0.25, -0.2) is 0 Å². The molecule has 2 heterocycles. The number of piperidine rings is 1. The van der Waals surface area contributed by atoms with Crippen molar-refractivity contribution >= 4 is 20.6 Å². The molecule has 0 radical (unpaired) electrons.